The molecule has 0 saturated carbocycles. The fourth-order valence-electron chi connectivity index (χ4n) is 2.65. The van der Waals surface area contributed by atoms with Gasteiger partial charge in [0.05, 0.1) is 17.1 Å². The van der Waals surface area contributed by atoms with Crippen LogP contribution >= 0.6 is 0 Å². The Morgan fingerprint density at radius 1 is 0.964 bits per heavy atom. The molecule has 0 fully saturated rings. The van der Waals surface area contributed by atoms with E-state index in [4.69, 9.17) is 0 Å². The van der Waals surface area contributed by atoms with Crippen LogP contribution in [0.3, 0.4) is 0 Å². The third kappa shape index (κ3) is 5.36. The van der Waals surface area contributed by atoms with Gasteiger partial charge in [-0.1, -0.05) is 61.9 Å². The Morgan fingerprint density at radius 3 is 2.18 bits per heavy atom. The number of hydrogen-bond acceptors (Lipinski definition) is 3. The summed E-state index contributed by atoms with van der Waals surface area (Å²) < 4.78 is 15.0. The first-order valence-corrected chi connectivity index (χ1v) is 10.5. The smallest absolute Gasteiger partial charge is 0.153 e. The molecule has 28 heavy (non-hydrogen) atoms. The van der Waals surface area contributed by atoms with E-state index >= 15 is 0 Å². The highest BCUT2D eigenvalue weighted by Gasteiger charge is 2.20. The van der Waals surface area contributed by atoms with Gasteiger partial charge in [-0.2, -0.15) is 0 Å². The molecule has 0 aromatic heterocycles. The lowest BCUT2D eigenvalue weighted by molar-refractivity contribution is 0.476. The summed E-state index contributed by atoms with van der Waals surface area (Å²) >= 11 is 0. The maximum atomic E-state index is 13.3. The highest BCUT2D eigenvalue weighted by atomic mass is 32.2. The zero-order valence-corrected chi connectivity index (χ0v) is 17.7. The number of phenols is 1. The Hall–Kier alpha value is -2.79. The van der Waals surface area contributed by atoms with Gasteiger partial charge in [0, 0.05) is 18.8 Å². The normalized spacial score (nSPS) is 11.1. The van der Waals surface area contributed by atoms with E-state index in [0.717, 1.165) is 16.8 Å². The van der Waals surface area contributed by atoms with Crippen molar-refractivity contribution in [2.45, 2.75) is 32.2 Å². The van der Waals surface area contributed by atoms with Crippen molar-refractivity contribution in [3.8, 4) is 5.75 Å². The van der Waals surface area contributed by atoms with Gasteiger partial charge in [-0.05, 0) is 36.8 Å². The summed E-state index contributed by atoms with van der Waals surface area (Å²) in [5.41, 5.74) is 3.46. The van der Waals surface area contributed by atoms with Crippen molar-refractivity contribution >= 4 is 22.4 Å². The monoisotopic (exact) mass is 396 g/mol. The van der Waals surface area contributed by atoms with E-state index < -0.39 is 11.0 Å². The molecule has 0 bridgehead atoms. The average Bonchev–Trinajstić information content (AvgIpc) is 2.74. The number of phenolic OH excluding ortho intramolecular Hbond substituents is 1. The van der Waals surface area contributed by atoms with Crippen LogP contribution in [0.25, 0.3) is 0 Å². The minimum atomic E-state index is -1.45. The van der Waals surface area contributed by atoms with Gasteiger partial charge < -0.3 is 10.4 Å². The molecule has 0 aliphatic carbocycles. The van der Waals surface area contributed by atoms with Crippen molar-refractivity contribution in [1.29, 1.82) is 0 Å². The third-order valence-corrected chi connectivity index (χ3v) is 5.53. The van der Waals surface area contributed by atoms with Crippen LogP contribution in [0.2, 0.25) is 0 Å². The zero-order chi connectivity index (χ0) is 20.5. The lowest BCUT2D eigenvalue weighted by Gasteiger charge is -2.25. The maximum absolute atomic E-state index is 13.3. The highest BCUT2D eigenvalue weighted by Crippen LogP contribution is 2.33. The van der Waals surface area contributed by atoms with E-state index in [0.29, 0.717) is 17.1 Å². The van der Waals surface area contributed by atoms with E-state index in [-0.39, 0.29) is 5.75 Å². The van der Waals surface area contributed by atoms with Crippen molar-refractivity contribution in [1.82, 2.24) is 0 Å². The Bertz CT molecular complexity index is 896. The first-order valence-electron chi connectivity index (χ1n) is 9.39. The molecule has 0 saturated heterocycles. The lowest BCUT2D eigenvalue weighted by Crippen LogP contribution is -2.25. The van der Waals surface area contributed by atoms with Gasteiger partial charge in [0.1, 0.15) is 5.75 Å². The van der Waals surface area contributed by atoms with Gasteiger partial charge in [-0.25, -0.2) is 4.21 Å². The summed E-state index contributed by atoms with van der Waals surface area (Å²) in [6.45, 7) is 6.42. The molecular weight excluding hydrogens is 368 g/mol. The molecule has 1 unspecified atom stereocenters. The minimum absolute atomic E-state index is 0.0910. The second-order valence-electron chi connectivity index (χ2n) is 6.04. The molecular formula is C23H28N2O2S. The highest BCUT2D eigenvalue weighted by molar-refractivity contribution is 7.86. The van der Waals surface area contributed by atoms with Crippen LogP contribution in [0.15, 0.2) is 77.7 Å². The van der Waals surface area contributed by atoms with Crippen molar-refractivity contribution in [2.24, 2.45) is 0 Å². The molecule has 1 atom stereocenters. The van der Waals surface area contributed by atoms with Crippen molar-refractivity contribution in [3.63, 3.8) is 0 Å². The van der Waals surface area contributed by atoms with E-state index in [1.54, 1.807) is 23.5 Å². The first-order chi connectivity index (χ1) is 13.6. The topological polar surface area (TPSA) is 52.6 Å². The van der Waals surface area contributed by atoms with Crippen LogP contribution in [-0.2, 0) is 17.5 Å². The number of aromatic hydroxyl groups is 1. The second kappa shape index (κ2) is 10.5. The molecule has 0 spiro atoms. The van der Waals surface area contributed by atoms with Crippen LogP contribution < -0.4 is 9.62 Å². The van der Waals surface area contributed by atoms with E-state index in [1.807, 2.05) is 81.4 Å². The molecule has 0 aliphatic rings. The van der Waals surface area contributed by atoms with Crippen LogP contribution in [0, 0.1) is 6.92 Å². The fraction of sp³-hybridized carbons (Fsp3) is 0.217. The molecule has 0 heterocycles. The predicted molar refractivity (Wildman–Crippen MR) is 119 cm³/mol. The summed E-state index contributed by atoms with van der Waals surface area (Å²) in [7, 11) is 0.345. The number of nitrogens with one attached hydrogen (secondary N) is 1. The standard InChI is InChI=1S/C21H22N2O2S.C2H6/c1-16-8-11-19(12-9-16)26(25)23(15-17-6-4-3-5-7-17)20-13-10-18(22-2)14-21(20)24;1-2/h3-14,22,24H,15H2,1-2H3;1-2H3. The fourth-order valence-corrected chi connectivity index (χ4v) is 3.88. The average molecular weight is 397 g/mol. The summed E-state index contributed by atoms with van der Waals surface area (Å²) in [4.78, 5) is 0.698. The van der Waals surface area contributed by atoms with Crippen molar-refractivity contribution in [2.75, 3.05) is 16.7 Å². The van der Waals surface area contributed by atoms with Gasteiger partial charge in [-0.15, -0.1) is 0 Å². The first kappa shape index (κ1) is 21.5. The molecule has 0 amide bonds. The van der Waals surface area contributed by atoms with Crippen LogP contribution in [-0.4, -0.2) is 16.4 Å². The van der Waals surface area contributed by atoms with Crippen LogP contribution in [0.4, 0.5) is 11.4 Å². The number of nitrogens with zero attached hydrogens (tertiary/aromatic N) is 1. The Kier molecular flexibility index (Phi) is 8.08. The van der Waals surface area contributed by atoms with Crippen molar-refractivity contribution < 1.29 is 9.32 Å². The van der Waals surface area contributed by atoms with Gasteiger partial charge in [0.15, 0.2) is 11.0 Å². The quantitative estimate of drug-likeness (QED) is 0.579. The van der Waals surface area contributed by atoms with E-state index in [9.17, 15) is 9.32 Å². The number of aryl methyl sites for hydroxylation is 1. The number of anilines is 2. The van der Waals surface area contributed by atoms with Crippen molar-refractivity contribution in [3.05, 3.63) is 83.9 Å². The van der Waals surface area contributed by atoms with Gasteiger partial charge in [0.25, 0.3) is 0 Å². The molecule has 148 valence electrons. The summed E-state index contributed by atoms with van der Waals surface area (Å²) in [5.74, 6) is 0.0910. The SMILES string of the molecule is CC.CNc1ccc(N(Cc2ccccc2)S(=O)c2ccc(C)cc2)c(O)c1. The molecule has 5 heteroatoms. The molecule has 0 aliphatic heterocycles. The van der Waals surface area contributed by atoms with E-state index in [1.165, 1.54) is 0 Å². The second-order valence-corrected chi connectivity index (χ2v) is 7.45. The lowest BCUT2D eigenvalue weighted by atomic mass is 10.2. The zero-order valence-electron chi connectivity index (χ0n) is 16.8. The third-order valence-electron chi connectivity index (χ3n) is 4.12. The minimum Gasteiger partial charge on any atom is -0.506 e. The molecule has 3 aromatic rings. The molecule has 3 rings (SSSR count). The molecule has 3 aromatic carbocycles. The maximum Gasteiger partial charge on any atom is 0.153 e. The number of benzene rings is 3. The molecule has 0 radical (unpaired) electrons. The molecule has 4 nitrogen and oxygen atoms in total. The van der Waals surface area contributed by atoms with Gasteiger partial charge >= 0.3 is 0 Å². The van der Waals surface area contributed by atoms with Gasteiger partial charge in [0.2, 0.25) is 0 Å². The van der Waals surface area contributed by atoms with E-state index in [2.05, 4.69) is 5.32 Å². The predicted octanol–water partition coefficient (Wildman–Crippen LogP) is 5.50. The number of rotatable bonds is 6. The summed E-state index contributed by atoms with van der Waals surface area (Å²) in [6, 6.07) is 22.7. The summed E-state index contributed by atoms with van der Waals surface area (Å²) in [5, 5.41) is 13.5. The van der Waals surface area contributed by atoms with Crippen LogP contribution in [0.5, 0.6) is 5.75 Å². The Labute approximate surface area is 170 Å². The Balaban J connectivity index is 0.00000136. The van der Waals surface area contributed by atoms with Crippen LogP contribution in [0.1, 0.15) is 25.0 Å². The largest absolute Gasteiger partial charge is 0.506 e. The molecule has 2 N–H and O–H groups in total. The summed E-state index contributed by atoms with van der Waals surface area (Å²) in [6.07, 6.45) is 0. The van der Waals surface area contributed by atoms with Gasteiger partial charge in [-0.3, -0.25) is 4.31 Å². The Morgan fingerprint density at radius 2 is 1.61 bits per heavy atom. The number of hydrogen-bond donors (Lipinski definition) is 2.